The van der Waals surface area contributed by atoms with Crippen LogP contribution in [0.4, 0.5) is 0 Å². The molecule has 3 rings (SSSR count). The van der Waals surface area contributed by atoms with Crippen molar-refractivity contribution in [3.05, 3.63) is 51.0 Å². The smallest absolute Gasteiger partial charge is 0.340 e. The van der Waals surface area contributed by atoms with Crippen molar-refractivity contribution in [3.63, 3.8) is 0 Å². The van der Waals surface area contributed by atoms with Gasteiger partial charge in [-0.1, -0.05) is 6.07 Å². The second-order valence-corrected chi connectivity index (χ2v) is 8.52. The fourth-order valence-electron chi connectivity index (χ4n) is 3.48. The van der Waals surface area contributed by atoms with E-state index in [-0.39, 0.29) is 17.9 Å². The van der Waals surface area contributed by atoms with E-state index in [9.17, 15) is 14.4 Å². The maximum absolute atomic E-state index is 13.0. The van der Waals surface area contributed by atoms with Crippen LogP contribution < -0.4 is 0 Å². The molecule has 8 heteroatoms. The Bertz CT molecular complexity index is 951. The summed E-state index contributed by atoms with van der Waals surface area (Å²) in [6.45, 7) is 8.93. The fourth-order valence-corrected chi connectivity index (χ4v) is 4.09. The minimum absolute atomic E-state index is 0.0545. The van der Waals surface area contributed by atoms with Gasteiger partial charge in [0, 0.05) is 42.8 Å². The lowest BCUT2D eigenvalue weighted by molar-refractivity contribution is -0.127. The van der Waals surface area contributed by atoms with E-state index in [0.717, 1.165) is 4.88 Å². The highest BCUT2D eigenvalue weighted by molar-refractivity contribution is 7.10. The van der Waals surface area contributed by atoms with Gasteiger partial charge in [0.25, 0.3) is 5.91 Å². The minimum atomic E-state index is -0.428. The number of H-pyrrole nitrogens is 1. The number of hydrogen-bond donors (Lipinski definition) is 1. The second kappa shape index (κ2) is 9.30. The number of esters is 1. The molecule has 0 saturated carbocycles. The molecule has 160 valence electrons. The van der Waals surface area contributed by atoms with Gasteiger partial charge in [-0.05, 0) is 50.8 Å². The molecular weight excluding hydrogens is 402 g/mol. The molecule has 0 bridgehead atoms. The van der Waals surface area contributed by atoms with Crippen molar-refractivity contribution in [2.24, 2.45) is 0 Å². The average Bonchev–Trinajstić information content (AvgIpc) is 3.32. The number of carbonyl (C=O) groups is 3. The zero-order chi connectivity index (χ0) is 21.8. The number of nitrogens with one attached hydrogen (secondary N) is 1. The van der Waals surface area contributed by atoms with Crippen molar-refractivity contribution in [1.82, 2.24) is 14.8 Å². The number of thiophene rings is 1. The van der Waals surface area contributed by atoms with Crippen molar-refractivity contribution in [2.75, 3.05) is 26.2 Å². The van der Waals surface area contributed by atoms with Gasteiger partial charge in [0.15, 0.2) is 0 Å². The molecule has 1 aliphatic rings. The van der Waals surface area contributed by atoms with Gasteiger partial charge in [-0.3, -0.25) is 9.59 Å². The Hall–Kier alpha value is -2.87. The summed E-state index contributed by atoms with van der Waals surface area (Å²) in [5, 5.41) is 1.97. The van der Waals surface area contributed by atoms with Gasteiger partial charge in [0.1, 0.15) is 5.69 Å². The van der Waals surface area contributed by atoms with Crippen molar-refractivity contribution in [1.29, 1.82) is 0 Å². The average molecular weight is 430 g/mol. The zero-order valence-electron chi connectivity index (χ0n) is 17.7. The van der Waals surface area contributed by atoms with E-state index in [2.05, 4.69) is 4.98 Å². The third-order valence-electron chi connectivity index (χ3n) is 5.01. The van der Waals surface area contributed by atoms with Crippen LogP contribution in [0.3, 0.4) is 0 Å². The van der Waals surface area contributed by atoms with Gasteiger partial charge < -0.3 is 19.5 Å². The highest BCUT2D eigenvalue weighted by Gasteiger charge is 2.29. The number of rotatable bonds is 5. The summed E-state index contributed by atoms with van der Waals surface area (Å²) in [4.78, 5) is 45.3. The molecule has 0 aromatic carbocycles. The van der Waals surface area contributed by atoms with Crippen LogP contribution in [-0.4, -0.2) is 64.9 Å². The van der Waals surface area contributed by atoms with Gasteiger partial charge in [-0.25, -0.2) is 4.79 Å². The molecule has 1 N–H and O–H groups in total. The van der Waals surface area contributed by atoms with Crippen LogP contribution in [-0.2, 0) is 9.53 Å². The van der Waals surface area contributed by atoms with E-state index < -0.39 is 5.97 Å². The maximum Gasteiger partial charge on any atom is 0.340 e. The molecule has 0 radical (unpaired) electrons. The number of hydrogen-bond acceptors (Lipinski definition) is 5. The van der Waals surface area contributed by atoms with E-state index >= 15 is 0 Å². The lowest BCUT2D eigenvalue weighted by Gasteiger charge is -2.34. The molecule has 1 fully saturated rings. The SMILES string of the molecule is Cc1[nH]c(C(=O)N2CCN(C(=O)C=Cc3cccs3)CC2)c(C)c1C(=O)OC(C)C. The number of nitrogens with zero attached hydrogens (tertiary/aromatic N) is 2. The first-order chi connectivity index (χ1) is 14.3. The molecule has 7 nitrogen and oxygen atoms in total. The first-order valence-corrected chi connectivity index (χ1v) is 10.9. The highest BCUT2D eigenvalue weighted by Crippen LogP contribution is 2.21. The third-order valence-corrected chi connectivity index (χ3v) is 5.85. The molecule has 0 unspecified atom stereocenters. The first kappa shape index (κ1) is 21.8. The van der Waals surface area contributed by atoms with Crippen LogP contribution in [0.2, 0.25) is 0 Å². The highest BCUT2D eigenvalue weighted by atomic mass is 32.1. The summed E-state index contributed by atoms with van der Waals surface area (Å²) in [6.07, 6.45) is 3.16. The predicted molar refractivity (Wildman–Crippen MR) is 117 cm³/mol. The summed E-state index contributed by atoms with van der Waals surface area (Å²) >= 11 is 1.58. The summed E-state index contributed by atoms with van der Waals surface area (Å²) in [7, 11) is 0. The molecule has 0 spiro atoms. The Balaban J connectivity index is 1.63. The van der Waals surface area contributed by atoms with Crippen LogP contribution in [0.1, 0.15) is 50.8 Å². The van der Waals surface area contributed by atoms with Gasteiger partial charge >= 0.3 is 5.97 Å². The number of aromatic nitrogens is 1. The van der Waals surface area contributed by atoms with E-state index in [0.29, 0.717) is 48.7 Å². The van der Waals surface area contributed by atoms with Crippen LogP contribution in [0.15, 0.2) is 23.6 Å². The number of ether oxygens (including phenoxy) is 1. The number of aryl methyl sites for hydroxylation is 1. The predicted octanol–water partition coefficient (Wildman–Crippen LogP) is 3.26. The number of amides is 2. The van der Waals surface area contributed by atoms with Crippen LogP contribution in [0.5, 0.6) is 0 Å². The van der Waals surface area contributed by atoms with E-state index in [4.69, 9.17) is 4.74 Å². The second-order valence-electron chi connectivity index (χ2n) is 7.55. The van der Waals surface area contributed by atoms with Crippen molar-refractivity contribution >= 4 is 35.2 Å². The van der Waals surface area contributed by atoms with E-state index in [1.54, 1.807) is 54.9 Å². The first-order valence-electron chi connectivity index (χ1n) is 9.97. The number of carbonyl (C=O) groups excluding carboxylic acids is 3. The molecule has 2 amide bonds. The van der Waals surface area contributed by atoms with Gasteiger partial charge in [0.2, 0.25) is 5.91 Å². The molecule has 2 aromatic rings. The van der Waals surface area contributed by atoms with Gasteiger partial charge in [-0.2, -0.15) is 0 Å². The van der Waals surface area contributed by atoms with E-state index in [1.165, 1.54) is 0 Å². The van der Waals surface area contributed by atoms with Crippen LogP contribution in [0.25, 0.3) is 6.08 Å². The molecule has 30 heavy (non-hydrogen) atoms. The van der Waals surface area contributed by atoms with Crippen molar-refractivity contribution in [3.8, 4) is 0 Å². The largest absolute Gasteiger partial charge is 0.459 e. The molecule has 0 aliphatic carbocycles. The quantitative estimate of drug-likeness (QED) is 0.584. The summed E-state index contributed by atoms with van der Waals surface area (Å²) in [6, 6.07) is 3.90. The Kier molecular flexibility index (Phi) is 6.77. The standard InChI is InChI=1S/C22H27N3O4S/c1-14(2)29-22(28)19-15(3)20(23-16(19)4)21(27)25-11-9-24(10-12-25)18(26)8-7-17-6-5-13-30-17/h5-8,13-14,23H,9-12H2,1-4H3. The Morgan fingerprint density at radius 2 is 1.80 bits per heavy atom. The lowest BCUT2D eigenvalue weighted by atomic mass is 10.1. The Labute approximate surface area is 180 Å². The number of piperazine rings is 1. The Morgan fingerprint density at radius 1 is 1.13 bits per heavy atom. The minimum Gasteiger partial charge on any atom is -0.459 e. The lowest BCUT2D eigenvalue weighted by Crippen LogP contribution is -2.50. The number of aromatic amines is 1. The van der Waals surface area contributed by atoms with Crippen molar-refractivity contribution in [2.45, 2.75) is 33.8 Å². The van der Waals surface area contributed by atoms with Crippen molar-refractivity contribution < 1.29 is 19.1 Å². The normalized spacial score (nSPS) is 14.6. The van der Waals surface area contributed by atoms with Crippen LogP contribution in [0, 0.1) is 13.8 Å². The fraction of sp³-hybridized carbons (Fsp3) is 0.409. The van der Waals surface area contributed by atoms with Gasteiger partial charge in [-0.15, -0.1) is 11.3 Å². The topological polar surface area (TPSA) is 82.7 Å². The zero-order valence-corrected chi connectivity index (χ0v) is 18.5. The summed E-state index contributed by atoms with van der Waals surface area (Å²) < 4.78 is 5.29. The molecular formula is C22H27N3O4S. The maximum atomic E-state index is 13.0. The molecule has 3 heterocycles. The summed E-state index contributed by atoms with van der Waals surface area (Å²) in [5.74, 6) is -0.648. The Morgan fingerprint density at radius 3 is 2.40 bits per heavy atom. The van der Waals surface area contributed by atoms with Crippen LogP contribution >= 0.6 is 11.3 Å². The summed E-state index contributed by atoms with van der Waals surface area (Å²) in [5.41, 5.74) is 2.04. The monoisotopic (exact) mass is 429 g/mol. The molecule has 1 aliphatic heterocycles. The molecule has 2 aromatic heterocycles. The molecule has 1 saturated heterocycles. The molecule has 0 atom stereocenters. The van der Waals surface area contributed by atoms with E-state index in [1.807, 2.05) is 23.6 Å². The third kappa shape index (κ3) is 4.81. The van der Waals surface area contributed by atoms with Gasteiger partial charge in [0.05, 0.1) is 11.7 Å².